The highest BCUT2D eigenvalue weighted by atomic mass is 32.2. The summed E-state index contributed by atoms with van der Waals surface area (Å²) < 4.78 is 30.1. The molecule has 0 fully saturated rings. The van der Waals surface area contributed by atoms with Gasteiger partial charge >= 0.3 is 0 Å². The Morgan fingerprint density at radius 3 is 1.57 bits per heavy atom. The van der Waals surface area contributed by atoms with E-state index < -0.39 is 16.1 Å². The first-order valence-corrected chi connectivity index (χ1v) is 13.5. The van der Waals surface area contributed by atoms with Crippen molar-refractivity contribution < 1.29 is 8.42 Å². The standard InChI is InChI=1S/C30H32N2O2S/c1-3-28(24-13-7-4-8-14-24)31-29(25-15-9-5-10-16-25)30(26-17-11-6-12-18-26)32-35(33,34)27-21-19-23(2)20-22-27/h4-22,28-32H,3H2,1-2H3/t28-,29-,30-/m0/s1. The van der Waals surface area contributed by atoms with E-state index in [9.17, 15) is 8.42 Å². The van der Waals surface area contributed by atoms with Gasteiger partial charge in [0.1, 0.15) is 0 Å². The molecule has 0 aliphatic heterocycles. The van der Waals surface area contributed by atoms with Crippen LogP contribution in [-0.4, -0.2) is 8.42 Å². The average molecular weight is 485 g/mol. The van der Waals surface area contributed by atoms with Crippen LogP contribution in [0.25, 0.3) is 0 Å². The Morgan fingerprint density at radius 2 is 1.09 bits per heavy atom. The number of sulfonamides is 1. The molecule has 4 rings (SSSR count). The molecule has 0 radical (unpaired) electrons. The van der Waals surface area contributed by atoms with Crippen molar-refractivity contribution in [2.24, 2.45) is 0 Å². The number of hydrogen-bond acceptors (Lipinski definition) is 3. The molecule has 0 amide bonds. The molecule has 0 aromatic heterocycles. The second kappa shape index (κ2) is 11.5. The quantitative estimate of drug-likeness (QED) is 0.270. The molecule has 0 aliphatic rings. The highest BCUT2D eigenvalue weighted by Crippen LogP contribution is 2.34. The van der Waals surface area contributed by atoms with Crippen LogP contribution in [0.2, 0.25) is 0 Å². The zero-order valence-electron chi connectivity index (χ0n) is 20.1. The van der Waals surface area contributed by atoms with Gasteiger partial charge in [0, 0.05) is 6.04 Å². The van der Waals surface area contributed by atoms with Gasteiger partial charge in [0.2, 0.25) is 10.0 Å². The zero-order valence-corrected chi connectivity index (χ0v) is 21.0. The lowest BCUT2D eigenvalue weighted by molar-refractivity contribution is 0.368. The van der Waals surface area contributed by atoms with E-state index >= 15 is 0 Å². The van der Waals surface area contributed by atoms with Crippen molar-refractivity contribution in [3.05, 3.63) is 138 Å². The molecule has 4 aromatic carbocycles. The first-order valence-electron chi connectivity index (χ1n) is 12.0. The lowest BCUT2D eigenvalue weighted by Gasteiger charge is -2.33. The number of nitrogens with one attached hydrogen (secondary N) is 2. The molecular weight excluding hydrogens is 452 g/mol. The summed E-state index contributed by atoms with van der Waals surface area (Å²) in [5, 5.41) is 3.79. The number of hydrogen-bond donors (Lipinski definition) is 2. The Balaban J connectivity index is 1.78. The van der Waals surface area contributed by atoms with Crippen molar-refractivity contribution in [2.45, 2.75) is 43.3 Å². The molecule has 3 atom stereocenters. The SMILES string of the molecule is CC[C@H](N[C@@H](c1ccccc1)[C@@H](NS(=O)(=O)c1ccc(C)cc1)c1ccccc1)c1ccccc1. The predicted molar refractivity (Wildman–Crippen MR) is 142 cm³/mol. The fourth-order valence-corrected chi connectivity index (χ4v) is 5.58. The maximum absolute atomic E-state index is 13.5. The third-order valence-electron chi connectivity index (χ3n) is 6.26. The van der Waals surface area contributed by atoms with Crippen LogP contribution in [0.4, 0.5) is 0 Å². The van der Waals surface area contributed by atoms with Crippen LogP contribution in [0.15, 0.2) is 120 Å². The van der Waals surface area contributed by atoms with Crippen molar-refractivity contribution in [1.29, 1.82) is 0 Å². The molecule has 4 nitrogen and oxygen atoms in total. The van der Waals surface area contributed by atoms with Crippen molar-refractivity contribution in [2.75, 3.05) is 0 Å². The van der Waals surface area contributed by atoms with Crippen molar-refractivity contribution in [3.8, 4) is 0 Å². The molecule has 5 heteroatoms. The fraction of sp³-hybridized carbons (Fsp3) is 0.200. The number of benzene rings is 4. The van der Waals surface area contributed by atoms with E-state index in [1.807, 2.05) is 97.9 Å². The van der Waals surface area contributed by atoms with E-state index in [1.54, 1.807) is 12.1 Å². The van der Waals surface area contributed by atoms with Crippen LogP contribution >= 0.6 is 0 Å². The van der Waals surface area contributed by atoms with Gasteiger partial charge in [-0.25, -0.2) is 13.1 Å². The van der Waals surface area contributed by atoms with Gasteiger partial charge in [0.25, 0.3) is 0 Å². The summed E-state index contributed by atoms with van der Waals surface area (Å²) in [6.07, 6.45) is 0.861. The van der Waals surface area contributed by atoms with Gasteiger partial charge in [-0.05, 0) is 42.2 Å². The number of aryl methyl sites for hydroxylation is 1. The van der Waals surface area contributed by atoms with Crippen LogP contribution in [-0.2, 0) is 10.0 Å². The van der Waals surface area contributed by atoms with Crippen LogP contribution < -0.4 is 10.0 Å². The molecule has 0 spiro atoms. The van der Waals surface area contributed by atoms with Gasteiger partial charge in [-0.15, -0.1) is 0 Å². The first kappa shape index (κ1) is 24.9. The first-order chi connectivity index (χ1) is 17.0. The monoisotopic (exact) mass is 484 g/mol. The molecule has 180 valence electrons. The van der Waals surface area contributed by atoms with E-state index in [2.05, 4.69) is 29.1 Å². The largest absolute Gasteiger partial charge is 0.301 e. The summed E-state index contributed by atoms with van der Waals surface area (Å²) in [4.78, 5) is 0.256. The van der Waals surface area contributed by atoms with Crippen molar-refractivity contribution >= 4 is 10.0 Å². The Hall–Kier alpha value is -3.25. The normalized spacial score (nSPS) is 14.2. The highest BCUT2D eigenvalue weighted by molar-refractivity contribution is 7.89. The Morgan fingerprint density at radius 1 is 0.629 bits per heavy atom. The maximum atomic E-state index is 13.5. The second-order valence-electron chi connectivity index (χ2n) is 8.75. The minimum absolute atomic E-state index is 0.0523. The summed E-state index contributed by atoms with van der Waals surface area (Å²) in [5.74, 6) is 0. The minimum Gasteiger partial charge on any atom is -0.301 e. The van der Waals surface area contributed by atoms with Gasteiger partial charge in [-0.1, -0.05) is 116 Å². The van der Waals surface area contributed by atoms with Gasteiger partial charge in [0.15, 0.2) is 0 Å². The summed E-state index contributed by atoms with van der Waals surface area (Å²) in [7, 11) is -3.77. The predicted octanol–water partition coefficient (Wildman–Crippen LogP) is 6.50. The van der Waals surface area contributed by atoms with Crippen LogP contribution in [0.3, 0.4) is 0 Å². The Labute approximate surface area is 209 Å². The number of rotatable bonds is 10. The zero-order chi connectivity index (χ0) is 24.7. The molecular formula is C30H32N2O2S. The lowest BCUT2D eigenvalue weighted by Crippen LogP contribution is -2.39. The summed E-state index contributed by atoms with van der Waals surface area (Å²) in [5.41, 5.74) is 4.10. The van der Waals surface area contributed by atoms with Gasteiger partial charge in [-0.2, -0.15) is 0 Å². The second-order valence-corrected chi connectivity index (χ2v) is 10.5. The van der Waals surface area contributed by atoms with Crippen LogP contribution in [0, 0.1) is 6.92 Å². The lowest BCUT2D eigenvalue weighted by atomic mass is 9.92. The molecule has 0 bridgehead atoms. The molecule has 0 unspecified atom stereocenters. The van der Waals surface area contributed by atoms with Crippen LogP contribution in [0.5, 0.6) is 0 Å². The summed E-state index contributed by atoms with van der Waals surface area (Å²) in [6.45, 7) is 4.08. The van der Waals surface area contributed by atoms with E-state index in [0.29, 0.717) is 0 Å². The van der Waals surface area contributed by atoms with Gasteiger partial charge < -0.3 is 5.32 Å². The fourth-order valence-electron chi connectivity index (χ4n) is 4.34. The minimum atomic E-state index is -3.77. The molecule has 0 aliphatic carbocycles. The highest BCUT2D eigenvalue weighted by Gasteiger charge is 2.31. The van der Waals surface area contributed by atoms with E-state index in [0.717, 1.165) is 23.1 Å². The van der Waals surface area contributed by atoms with Crippen LogP contribution in [0.1, 0.15) is 53.7 Å². The summed E-state index contributed by atoms with van der Waals surface area (Å²) >= 11 is 0. The van der Waals surface area contributed by atoms with E-state index in [4.69, 9.17) is 0 Å². The molecule has 0 heterocycles. The van der Waals surface area contributed by atoms with Crippen molar-refractivity contribution in [3.63, 3.8) is 0 Å². The third-order valence-corrected chi connectivity index (χ3v) is 7.71. The maximum Gasteiger partial charge on any atom is 0.241 e. The van der Waals surface area contributed by atoms with E-state index in [1.165, 1.54) is 5.56 Å². The van der Waals surface area contributed by atoms with E-state index in [-0.39, 0.29) is 17.0 Å². The van der Waals surface area contributed by atoms with Gasteiger partial charge in [0.05, 0.1) is 17.0 Å². The molecule has 0 saturated carbocycles. The molecule has 4 aromatic rings. The summed E-state index contributed by atoms with van der Waals surface area (Å²) in [6, 6.07) is 36.3. The molecule has 35 heavy (non-hydrogen) atoms. The molecule has 2 N–H and O–H groups in total. The topological polar surface area (TPSA) is 58.2 Å². The molecule has 0 saturated heterocycles. The average Bonchev–Trinajstić information content (AvgIpc) is 2.90. The Kier molecular flexibility index (Phi) is 8.13. The smallest absolute Gasteiger partial charge is 0.241 e. The van der Waals surface area contributed by atoms with Crippen molar-refractivity contribution in [1.82, 2.24) is 10.0 Å². The van der Waals surface area contributed by atoms with Gasteiger partial charge in [-0.3, -0.25) is 0 Å². The Bertz CT molecular complexity index is 1290. The third kappa shape index (κ3) is 6.25.